The van der Waals surface area contributed by atoms with Gasteiger partial charge < -0.3 is 15.2 Å². The molecule has 1 saturated heterocycles. The van der Waals surface area contributed by atoms with E-state index >= 15 is 0 Å². The van der Waals surface area contributed by atoms with E-state index in [0.717, 1.165) is 0 Å². The normalized spacial score (nSPS) is 15.7. The fourth-order valence-corrected chi connectivity index (χ4v) is 4.16. The number of anilines is 1. The molecular weight excluding hydrogens is 423 g/mol. The fraction of sp³-hybridized carbons (Fsp3) is 0.261. The molecule has 0 aliphatic carbocycles. The van der Waals surface area contributed by atoms with Crippen LogP contribution in [0.2, 0.25) is 0 Å². The smallest absolute Gasteiger partial charge is 0.246 e. The van der Waals surface area contributed by atoms with Gasteiger partial charge in [0.25, 0.3) is 0 Å². The molecule has 0 radical (unpaired) electrons. The average molecular weight is 444 g/mol. The van der Waals surface area contributed by atoms with Gasteiger partial charge in [-0.15, -0.1) is 0 Å². The van der Waals surface area contributed by atoms with Crippen LogP contribution in [0.25, 0.3) is 22.1 Å². The lowest BCUT2D eigenvalue weighted by Crippen LogP contribution is -2.27. The first-order valence-electron chi connectivity index (χ1n) is 10.6. The Kier molecular flexibility index (Phi) is 5.01. The molecule has 0 saturated carbocycles. The standard InChI is InChI=1S/C23H21FN8O/c1-3-20(33)31-8-7-15(11-31)32-23-21(22(25)26-12-27-23)17(29-32)6-5-14-9-18-19(10-16(14)24)30(4-2)13-28-18/h3,9-10,12-13,15H,1,4,7-8,11H2,2H3,(H2,25,26,27). The van der Waals surface area contributed by atoms with Crippen LogP contribution in [-0.2, 0) is 11.3 Å². The van der Waals surface area contributed by atoms with Crippen LogP contribution in [0.15, 0.2) is 37.4 Å². The molecule has 1 atom stereocenters. The number of aryl methyl sites for hydroxylation is 1. The Labute approximate surface area is 188 Å². The SMILES string of the molecule is C=CC(=O)N1CCC(n2nc(C#Cc3cc4ncn(CC)c4cc3F)c3c(N)ncnc32)C1. The Morgan fingerprint density at radius 1 is 1.33 bits per heavy atom. The number of carbonyl (C=O) groups excluding carboxylic acids is 1. The van der Waals surface area contributed by atoms with Gasteiger partial charge in [0.2, 0.25) is 5.91 Å². The number of hydrogen-bond acceptors (Lipinski definition) is 6. The number of imidazole rings is 1. The van der Waals surface area contributed by atoms with Crippen molar-refractivity contribution in [2.45, 2.75) is 25.9 Å². The van der Waals surface area contributed by atoms with Crippen LogP contribution < -0.4 is 5.73 Å². The van der Waals surface area contributed by atoms with E-state index in [1.165, 1.54) is 18.5 Å². The van der Waals surface area contributed by atoms with Gasteiger partial charge in [-0.25, -0.2) is 24.0 Å². The molecule has 9 nitrogen and oxygen atoms in total. The topological polar surface area (TPSA) is 108 Å². The highest BCUT2D eigenvalue weighted by atomic mass is 19.1. The second-order valence-corrected chi connectivity index (χ2v) is 7.78. The van der Waals surface area contributed by atoms with E-state index in [4.69, 9.17) is 5.73 Å². The molecule has 0 spiro atoms. The largest absolute Gasteiger partial charge is 0.383 e. The van der Waals surface area contributed by atoms with Gasteiger partial charge in [-0.3, -0.25) is 4.79 Å². The number of nitrogen functional groups attached to an aromatic ring is 1. The van der Waals surface area contributed by atoms with E-state index in [2.05, 4.69) is 38.5 Å². The molecule has 1 unspecified atom stereocenters. The van der Waals surface area contributed by atoms with Gasteiger partial charge in [0, 0.05) is 25.7 Å². The van der Waals surface area contributed by atoms with Gasteiger partial charge in [0.1, 0.15) is 23.7 Å². The van der Waals surface area contributed by atoms with Gasteiger partial charge >= 0.3 is 0 Å². The molecule has 4 aromatic rings. The third-order valence-electron chi connectivity index (χ3n) is 5.88. The Morgan fingerprint density at radius 3 is 2.97 bits per heavy atom. The number of likely N-dealkylation sites (tertiary alicyclic amines) is 1. The number of hydrogen-bond donors (Lipinski definition) is 1. The molecule has 33 heavy (non-hydrogen) atoms. The van der Waals surface area contributed by atoms with Crippen molar-refractivity contribution in [2.75, 3.05) is 18.8 Å². The van der Waals surface area contributed by atoms with E-state index in [1.807, 2.05) is 11.5 Å². The van der Waals surface area contributed by atoms with Crippen LogP contribution in [0.3, 0.4) is 0 Å². The minimum atomic E-state index is -0.437. The predicted octanol–water partition coefficient (Wildman–Crippen LogP) is 2.28. The maximum absolute atomic E-state index is 14.7. The minimum absolute atomic E-state index is 0.0904. The van der Waals surface area contributed by atoms with E-state index < -0.39 is 5.82 Å². The molecule has 5 rings (SSSR count). The third-order valence-corrected chi connectivity index (χ3v) is 5.88. The predicted molar refractivity (Wildman–Crippen MR) is 122 cm³/mol. The first kappa shape index (κ1) is 20.6. The molecule has 166 valence electrons. The minimum Gasteiger partial charge on any atom is -0.383 e. The fourth-order valence-electron chi connectivity index (χ4n) is 4.16. The number of nitrogens with zero attached hydrogens (tertiary/aromatic N) is 7. The molecule has 1 amide bonds. The Morgan fingerprint density at radius 2 is 2.18 bits per heavy atom. The Bertz CT molecular complexity index is 1470. The summed E-state index contributed by atoms with van der Waals surface area (Å²) in [4.78, 5) is 26.4. The summed E-state index contributed by atoms with van der Waals surface area (Å²) in [5.74, 6) is 5.49. The van der Waals surface area contributed by atoms with E-state index in [1.54, 1.807) is 22.0 Å². The quantitative estimate of drug-likeness (QED) is 0.384. The summed E-state index contributed by atoms with van der Waals surface area (Å²) >= 11 is 0. The van der Waals surface area contributed by atoms with Crippen molar-refractivity contribution in [3.8, 4) is 11.8 Å². The van der Waals surface area contributed by atoms with Crippen LogP contribution in [0.4, 0.5) is 10.2 Å². The van der Waals surface area contributed by atoms with Crippen LogP contribution in [-0.4, -0.2) is 53.2 Å². The molecule has 4 heterocycles. The monoisotopic (exact) mass is 444 g/mol. The van der Waals surface area contributed by atoms with Crippen LogP contribution in [0.1, 0.15) is 30.6 Å². The van der Waals surface area contributed by atoms with Crippen LogP contribution in [0.5, 0.6) is 0 Å². The number of rotatable bonds is 3. The van der Waals surface area contributed by atoms with Crippen molar-refractivity contribution in [1.29, 1.82) is 0 Å². The van der Waals surface area contributed by atoms with E-state index in [-0.39, 0.29) is 23.3 Å². The molecule has 2 N–H and O–H groups in total. The maximum atomic E-state index is 14.7. The van der Waals surface area contributed by atoms with Crippen molar-refractivity contribution in [2.24, 2.45) is 0 Å². The molecule has 0 bridgehead atoms. The van der Waals surface area contributed by atoms with Crippen molar-refractivity contribution < 1.29 is 9.18 Å². The van der Waals surface area contributed by atoms with E-state index in [0.29, 0.717) is 53.8 Å². The van der Waals surface area contributed by atoms with Crippen LogP contribution >= 0.6 is 0 Å². The first-order valence-corrected chi connectivity index (χ1v) is 10.6. The molecule has 1 aliphatic rings. The summed E-state index contributed by atoms with van der Waals surface area (Å²) in [6.07, 6.45) is 5.05. The second kappa shape index (κ2) is 8.02. The Balaban J connectivity index is 1.56. The number of fused-ring (bicyclic) bond motifs is 2. The lowest BCUT2D eigenvalue weighted by atomic mass is 10.1. The lowest BCUT2D eigenvalue weighted by molar-refractivity contribution is -0.125. The summed E-state index contributed by atoms with van der Waals surface area (Å²) in [6, 6.07) is 2.97. The number of carbonyl (C=O) groups is 1. The summed E-state index contributed by atoms with van der Waals surface area (Å²) < 4.78 is 18.3. The molecule has 1 aromatic carbocycles. The van der Waals surface area contributed by atoms with Crippen molar-refractivity contribution in [3.05, 3.63) is 54.5 Å². The number of nitrogens with two attached hydrogens (primary N) is 1. The Hall–Kier alpha value is -4.26. The highest BCUT2D eigenvalue weighted by molar-refractivity contribution is 5.91. The summed E-state index contributed by atoms with van der Waals surface area (Å²) in [6.45, 7) is 7.28. The highest BCUT2D eigenvalue weighted by Crippen LogP contribution is 2.28. The van der Waals surface area contributed by atoms with Gasteiger partial charge in [0.05, 0.1) is 34.4 Å². The molecule has 10 heteroatoms. The second-order valence-electron chi connectivity index (χ2n) is 7.78. The van der Waals surface area contributed by atoms with Crippen molar-refractivity contribution in [1.82, 2.24) is 34.2 Å². The van der Waals surface area contributed by atoms with Gasteiger partial charge in [-0.1, -0.05) is 12.5 Å². The molecule has 1 aliphatic heterocycles. The van der Waals surface area contributed by atoms with Crippen molar-refractivity contribution in [3.63, 3.8) is 0 Å². The zero-order chi connectivity index (χ0) is 23.1. The first-order chi connectivity index (χ1) is 16.0. The summed E-state index contributed by atoms with van der Waals surface area (Å²) in [5.41, 5.74) is 8.60. The third kappa shape index (κ3) is 3.47. The van der Waals surface area contributed by atoms with Gasteiger partial charge in [-0.05, 0) is 31.4 Å². The average Bonchev–Trinajstić information content (AvgIpc) is 3.54. The molecule has 1 fully saturated rings. The number of aromatic nitrogens is 6. The zero-order valence-electron chi connectivity index (χ0n) is 18.0. The van der Waals surface area contributed by atoms with E-state index in [9.17, 15) is 9.18 Å². The number of amides is 1. The highest BCUT2D eigenvalue weighted by Gasteiger charge is 2.29. The molecule has 3 aromatic heterocycles. The van der Waals surface area contributed by atoms with Crippen LogP contribution in [0, 0.1) is 17.7 Å². The summed E-state index contributed by atoms with van der Waals surface area (Å²) in [7, 11) is 0. The van der Waals surface area contributed by atoms with Crippen molar-refractivity contribution >= 4 is 33.8 Å². The van der Waals surface area contributed by atoms with Gasteiger partial charge in [-0.2, -0.15) is 5.10 Å². The number of halogens is 1. The summed E-state index contributed by atoms with van der Waals surface area (Å²) in [5, 5.41) is 5.14. The zero-order valence-corrected chi connectivity index (χ0v) is 18.0. The van der Waals surface area contributed by atoms with Gasteiger partial charge in [0.15, 0.2) is 5.65 Å². The lowest BCUT2D eigenvalue weighted by Gasteiger charge is -2.14. The molecular formula is C23H21FN8O. The maximum Gasteiger partial charge on any atom is 0.246 e. The number of benzene rings is 1.